The van der Waals surface area contributed by atoms with E-state index in [9.17, 15) is 19.4 Å². The Morgan fingerprint density at radius 1 is 0.702 bits per heavy atom. The molecule has 1 amide bonds. The van der Waals surface area contributed by atoms with Crippen LogP contribution in [0.1, 0.15) is 149 Å². The molecule has 0 saturated carbocycles. The van der Waals surface area contributed by atoms with Gasteiger partial charge in [0.25, 0.3) is 0 Å². The van der Waals surface area contributed by atoms with Gasteiger partial charge >= 0.3 is 7.82 Å². The van der Waals surface area contributed by atoms with Crippen LogP contribution in [0, 0.1) is 0 Å². The summed E-state index contributed by atoms with van der Waals surface area (Å²) in [5.74, 6) is -0.199. The Balaban J connectivity index is 4.36. The van der Waals surface area contributed by atoms with Gasteiger partial charge in [0.1, 0.15) is 13.2 Å². The summed E-state index contributed by atoms with van der Waals surface area (Å²) in [6, 6.07) is -0.860. The van der Waals surface area contributed by atoms with Crippen molar-refractivity contribution in [3.63, 3.8) is 0 Å². The molecule has 3 unspecified atom stereocenters. The summed E-state index contributed by atoms with van der Waals surface area (Å²) in [5.41, 5.74) is 0. The Labute approximate surface area is 289 Å². The van der Waals surface area contributed by atoms with E-state index < -0.39 is 20.0 Å². The van der Waals surface area contributed by atoms with Gasteiger partial charge < -0.3 is 19.8 Å². The number of phosphoric ester groups is 1. The highest BCUT2D eigenvalue weighted by Crippen LogP contribution is 2.43. The predicted molar refractivity (Wildman–Crippen MR) is 198 cm³/mol. The zero-order chi connectivity index (χ0) is 35.1. The van der Waals surface area contributed by atoms with Gasteiger partial charge in [0.15, 0.2) is 0 Å². The number of rotatable bonds is 33. The molecule has 3 N–H and O–H groups in total. The molecule has 0 fully saturated rings. The minimum Gasteiger partial charge on any atom is -0.387 e. The Morgan fingerprint density at radius 3 is 1.79 bits per heavy atom. The van der Waals surface area contributed by atoms with Crippen molar-refractivity contribution in [3.05, 3.63) is 36.5 Å². The first-order valence-electron chi connectivity index (χ1n) is 18.9. The van der Waals surface area contributed by atoms with Crippen molar-refractivity contribution in [3.8, 4) is 0 Å². The van der Waals surface area contributed by atoms with E-state index in [0.717, 1.165) is 44.9 Å². The van der Waals surface area contributed by atoms with E-state index in [4.69, 9.17) is 9.05 Å². The van der Waals surface area contributed by atoms with E-state index in [1.807, 2.05) is 27.2 Å². The van der Waals surface area contributed by atoms with Gasteiger partial charge in [-0.25, -0.2) is 4.57 Å². The van der Waals surface area contributed by atoms with Crippen molar-refractivity contribution in [1.82, 2.24) is 5.32 Å². The highest BCUT2D eigenvalue weighted by Gasteiger charge is 2.27. The fourth-order valence-corrected chi connectivity index (χ4v) is 5.73. The molecule has 3 atom stereocenters. The molecule has 0 heterocycles. The molecule has 9 heteroatoms. The molecular formula is C38H74N2O6P+. The van der Waals surface area contributed by atoms with Crippen LogP contribution in [0.15, 0.2) is 36.5 Å². The van der Waals surface area contributed by atoms with Crippen LogP contribution in [0.3, 0.4) is 0 Å². The number of likely N-dealkylation sites (N-methyl/N-ethyl adjacent to an activating group) is 1. The number of unbranched alkanes of at least 4 members (excludes halogenated alkanes) is 16. The first-order valence-corrected chi connectivity index (χ1v) is 20.4. The number of allylic oxidation sites excluding steroid dienone is 5. The number of phosphoric acid groups is 1. The number of nitrogens with zero attached hydrogens (tertiary/aromatic N) is 1. The molecule has 0 aromatic heterocycles. The van der Waals surface area contributed by atoms with Gasteiger partial charge in [0.05, 0.1) is 39.9 Å². The van der Waals surface area contributed by atoms with Crippen LogP contribution >= 0.6 is 7.82 Å². The number of amides is 1. The van der Waals surface area contributed by atoms with E-state index in [1.54, 1.807) is 6.08 Å². The van der Waals surface area contributed by atoms with Crippen LogP contribution in [0.4, 0.5) is 0 Å². The maximum atomic E-state index is 12.7. The smallest absolute Gasteiger partial charge is 0.387 e. The molecule has 0 aliphatic heterocycles. The molecule has 0 rings (SSSR count). The normalized spacial score (nSPS) is 15.1. The number of aliphatic hydroxyl groups is 1. The van der Waals surface area contributed by atoms with Crippen molar-refractivity contribution in [2.45, 2.75) is 161 Å². The fraction of sp³-hybridized carbons (Fsp3) is 0.816. The SMILES string of the molecule is CCC/C=C/CC/C=C/C(O)C(COP(=O)(O)OCC[N+](C)(C)C)NC(=O)CCCCCCCCC/C=C\CCCCCCCCC. The van der Waals surface area contributed by atoms with Crippen molar-refractivity contribution >= 4 is 13.7 Å². The second-order valence-electron chi connectivity index (χ2n) is 13.9. The fourth-order valence-electron chi connectivity index (χ4n) is 5.00. The van der Waals surface area contributed by atoms with Crippen LogP contribution in [-0.4, -0.2) is 73.4 Å². The van der Waals surface area contributed by atoms with Crippen LogP contribution in [0.5, 0.6) is 0 Å². The van der Waals surface area contributed by atoms with Crippen molar-refractivity contribution < 1.29 is 32.9 Å². The zero-order valence-electron chi connectivity index (χ0n) is 31.0. The second-order valence-corrected chi connectivity index (χ2v) is 15.4. The van der Waals surface area contributed by atoms with Gasteiger partial charge in [-0.3, -0.25) is 13.8 Å². The molecule has 276 valence electrons. The Kier molecular flexibility index (Phi) is 29.9. The number of aliphatic hydroxyl groups excluding tert-OH is 1. The van der Waals surface area contributed by atoms with Crippen LogP contribution < -0.4 is 5.32 Å². The third kappa shape index (κ3) is 33.0. The van der Waals surface area contributed by atoms with Crippen LogP contribution in [-0.2, 0) is 18.4 Å². The highest BCUT2D eigenvalue weighted by molar-refractivity contribution is 7.47. The van der Waals surface area contributed by atoms with Crippen molar-refractivity contribution in [2.24, 2.45) is 0 Å². The molecule has 0 radical (unpaired) electrons. The molecule has 47 heavy (non-hydrogen) atoms. The van der Waals surface area contributed by atoms with Crippen LogP contribution in [0.2, 0.25) is 0 Å². The van der Waals surface area contributed by atoms with E-state index in [-0.39, 0.29) is 19.1 Å². The van der Waals surface area contributed by atoms with Gasteiger partial charge in [-0.2, -0.15) is 0 Å². The van der Waals surface area contributed by atoms with Gasteiger partial charge in [-0.15, -0.1) is 0 Å². The number of nitrogens with one attached hydrogen (secondary N) is 1. The molecule has 0 aromatic carbocycles. The van der Waals surface area contributed by atoms with Gasteiger partial charge in [-0.1, -0.05) is 127 Å². The topological polar surface area (TPSA) is 105 Å². The first kappa shape index (κ1) is 45.7. The number of hydrogen-bond acceptors (Lipinski definition) is 5. The Hall–Kier alpha value is -1.28. The van der Waals surface area contributed by atoms with Crippen molar-refractivity contribution in [2.75, 3.05) is 40.9 Å². The number of carbonyl (C=O) groups excluding carboxylic acids is 1. The van der Waals surface area contributed by atoms with E-state index in [0.29, 0.717) is 17.4 Å². The van der Waals surface area contributed by atoms with Gasteiger partial charge in [-0.05, 0) is 51.4 Å². The van der Waals surface area contributed by atoms with Gasteiger partial charge in [0, 0.05) is 6.42 Å². The van der Waals surface area contributed by atoms with Gasteiger partial charge in [0.2, 0.25) is 5.91 Å². The third-order valence-electron chi connectivity index (χ3n) is 8.06. The summed E-state index contributed by atoms with van der Waals surface area (Å²) in [4.78, 5) is 22.9. The number of carbonyl (C=O) groups is 1. The lowest BCUT2D eigenvalue weighted by Gasteiger charge is -2.25. The summed E-state index contributed by atoms with van der Waals surface area (Å²) in [7, 11) is 1.54. The Bertz CT molecular complexity index is 871. The maximum Gasteiger partial charge on any atom is 0.472 e. The molecule has 0 saturated heterocycles. The molecular weight excluding hydrogens is 611 g/mol. The lowest BCUT2D eigenvalue weighted by atomic mass is 10.1. The largest absolute Gasteiger partial charge is 0.472 e. The molecule has 0 aliphatic carbocycles. The summed E-state index contributed by atoms with van der Waals surface area (Å²) >= 11 is 0. The predicted octanol–water partition coefficient (Wildman–Crippen LogP) is 9.57. The third-order valence-corrected chi connectivity index (χ3v) is 9.05. The first-order chi connectivity index (χ1) is 22.5. The zero-order valence-corrected chi connectivity index (χ0v) is 31.9. The lowest BCUT2D eigenvalue weighted by Crippen LogP contribution is -2.45. The van der Waals surface area contributed by atoms with E-state index in [2.05, 4.69) is 43.5 Å². The minimum absolute atomic E-state index is 0.0543. The standard InChI is InChI=1S/C38H73N2O6P/c1-6-8-10-12-14-15-16-17-18-19-20-21-22-23-24-26-28-30-32-38(42)39-36(37(41)31-29-27-25-13-11-9-7-2)35-46-47(43,44)45-34-33-40(3,4)5/h11,13,18-19,29,31,36-37,41H,6-10,12,14-17,20-28,30,32-35H2,1-5H3,(H-,39,42,43,44)/p+1/b13-11+,19-18-,31-29+. The molecule has 0 bridgehead atoms. The molecule has 0 spiro atoms. The Morgan fingerprint density at radius 2 is 1.21 bits per heavy atom. The summed E-state index contributed by atoms with van der Waals surface area (Å²) < 4.78 is 23.3. The van der Waals surface area contributed by atoms with Crippen LogP contribution in [0.25, 0.3) is 0 Å². The van der Waals surface area contributed by atoms with Crippen molar-refractivity contribution in [1.29, 1.82) is 0 Å². The van der Waals surface area contributed by atoms with E-state index >= 15 is 0 Å². The molecule has 0 aliphatic rings. The average Bonchev–Trinajstić information content (AvgIpc) is 3.01. The second kappa shape index (κ2) is 30.8. The monoisotopic (exact) mass is 686 g/mol. The van der Waals surface area contributed by atoms with E-state index in [1.165, 1.54) is 83.5 Å². The number of quaternary nitrogens is 1. The quantitative estimate of drug-likeness (QED) is 0.0275. The summed E-state index contributed by atoms with van der Waals surface area (Å²) in [5, 5.41) is 13.6. The number of hydrogen-bond donors (Lipinski definition) is 3. The maximum absolute atomic E-state index is 12.7. The minimum atomic E-state index is -4.33. The molecule has 0 aromatic rings. The molecule has 8 nitrogen and oxygen atoms in total. The summed E-state index contributed by atoms with van der Waals surface area (Å²) in [6.07, 6.45) is 35.2. The lowest BCUT2D eigenvalue weighted by molar-refractivity contribution is -0.870. The summed E-state index contributed by atoms with van der Waals surface area (Å²) in [6.45, 7) is 4.65. The highest BCUT2D eigenvalue weighted by atomic mass is 31.2. The average molecular weight is 686 g/mol.